The maximum absolute atomic E-state index is 13.2. The van der Waals surface area contributed by atoms with E-state index in [1.165, 1.54) is 18.3 Å². The zero-order chi connectivity index (χ0) is 16.8. The number of hydrogen-bond donors (Lipinski definition) is 1. The Kier molecular flexibility index (Phi) is 4.54. The topological polar surface area (TPSA) is 74.5 Å². The molecule has 6 heteroatoms. The van der Waals surface area contributed by atoms with E-state index >= 15 is 0 Å². The molecule has 0 radical (unpaired) electrons. The molecule has 0 saturated carbocycles. The Morgan fingerprint density at radius 3 is 2.75 bits per heavy atom. The molecule has 5 nitrogen and oxygen atoms in total. The highest BCUT2D eigenvalue weighted by molar-refractivity contribution is 5.68. The Morgan fingerprint density at radius 2 is 2.00 bits per heavy atom. The third kappa shape index (κ3) is 3.99. The van der Waals surface area contributed by atoms with Gasteiger partial charge >= 0.3 is 0 Å². The average Bonchev–Trinajstić information content (AvgIpc) is 2.61. The largest absolute Gasteiger partial charge is 0.323 e. The number of nitrogens with zero attached hydrogens (tertiary/aromatic N) is 4. The van der Waals surface area contributed by atoms with Gasteiger partial charge in [-0.05, 0) is 42.0 Å². The molecule has 0 aliphatic heterocycles. The first-order valence-corrected chi connectivity index (χ1v) is 7.13. The van der Waals surface area contributed by atoms with Gasteiger partial charge in [0.2, 0.25) is 5.95 Å². The number of benzene rings is 1. The van der Waals surface area contributed by atoms with E-state index in [1.807, 2.05) is 12.1 Å². The normalized spacial score (nSPS) is 10.5. The lowest BCUT2D eigenvalue weighted by molar-refractivity contribution is 0.627. The van der Waals surface area contributed by atoms with E-state index in [4.69, 9.17) is 5.26 Å². The Balaban J connectivity index is 1.75. The Morgan fingerprint density at radius 1 is 1.08 bits per heavy atom. The van der Waals surface area contributed by atoms with E-state index in [1.54, 1.807) is 42.6 Å². The number of halogens is 1. The third-order valence-corrected chi connectivity index (χ3v) is 3.11. The molecule has 3 aromatic rings. The molecule has 0 aliphatic carbocycles. The first-order chi connectivity index (χ1) is 11.7. The molecule has 0 aliphatic rings. The van der Waals surface area contributed by atoms with Crippen LogP contribution in [0.5, 0.6) is 0 Å². The van der Waals surface area contributed by atoms with Crippen LogP contribution in [-0.4, -0.2) is 15.0 Å². The van der Waals surface area contributed by atoms with Crippen molar-refractivity contribution in [1.82, 2.24) is 15.0 Å². The summed E-state index contributed by atoms with van der Waals surface area (Å²) in [6.45, 7) is 0. The van der Waals surface area contributed by atoms with Crippen LogP contribution < -0.4 is 5.32 Å². The van der Waals surface area contributed by atoms with Crippen molar-refractivity contribution in [1.29, 1.82) is 5.26 Å². The minimum absolute atomic E-state index is 0.282. The second-order valence-corrected chi connectivity index (χ2v) is 4.86. The Labute approximate surface area is 138 Å². The molecule has 0 unspecified atom stereocenters. The van der Waals surface area contributed by atoms with E-state index in [0.717, 1.165) is 5.56 Å². The molecule has 0 fully saturated rings. The molecule has 0 bridgehead atoms. The van der Waals surface area contributed by atoms with Gasteiger partial charge in [-0.1, -0.05) is 18.2 Å². The number of rotatable bonds is 4. The van der Waals surface area contributed by atoms with Crippen LogP contribution >= 0.6 is 0 Å². The highest BCUT2D eigenvalue weighted by Gasteiger charge is 2.00. The van der Waals surface area contributed by atoms with Gasteiger partial charge in [0.1, 0.15) is 17.6 Å². The standard InChI is InChI=1S/C18H12FN5/c19-14-3-1-2-13(10-14)4-5-15-8-9-21-18(23-15)24-17-7-6-16(11-20)22-12-17/h1-10,12H,(H,21,23,24). The molecule has 2 aromatic heterocycles. The van der Waals surface area contributed by atoms with Crippen molar-refractivity contribution in [3.63, 3.8) is 0 Å². The summed E-state index contributed by atoms with van der Waals surface area (Å²) in [7, 11) is 0. The minimum atomic E-state index is -0.282. The van der Waals surface area contributed by atoms with E-state index in [9.17, 15) is 4.39 Å². The highest BCUT2D eigenvalue weighted by Crippen LogP contribution is 2.13. The van der Waals surface area contributed by atoms with Crippen LogP contribution in [0, 0.1) is 17.1 Å². The zero-order valence-corrected chi connectivity index (χ0v) is 12.5. The molecular weight excluding hydrogens is 305 g/mol. The summed E-state index contributed by atoms with van der Waals surface area (Å²) < 4.78 is 13.2. The van der Waals surface area contributed by atoms with Gasteiger partial charge in [-0.15, -0.1) is 0 Å². The van der Waals surface area contributed by atoms with Crippen molar-refractivity contribution in [2.24, 2.45) is 0 Å². The predicted octanol–water partition coefficient (Wildman–Crippen LogP) is 3.80. The fraction of sp³-hybridized carbons (Fsp3) is 0. The van der Waals surface area contributed by atoms with Crippen molar-refractivity contribution in [3.05, 3.63) is 77.6 Å². The molecule has 3 rings (SSSR count). The molecule has 1 N–H and O–H groups in total. The SMILES string of the molecule is N#Cc1ccc(Nc2nccc(C=Cc3cccc(F)c3)n2)cn1. The molecule has 0 atom stereocenters. The maximum Gasteiger partial charge on any atom is 0.227 e. The molecule has 0 saturated heterocycles. The number of nitriles is 1. The first kappa shape index (κ1) is 15.3. The molecule has 0 spiro atoms. The van der Waals surface area contributed by atoms with E-state index in [2.05, 4.69) is 20.3 Å². The lowest BCUT2D eigenvalue weighted by Gasteiger charge is -2.04. The van der Waals surface area contributed by atoms with Gasteiger partial charge in [-0.25, -0.2) is 19.3 Å². The lowest BCUT2D eigenvalue weighted by Crippen LogP contribution is -1.98. The van der Waals surface area contributed by atoms with Crippen molar-refractivity contribution in [2.75, 3.05) is 5.32 Å². The van der Waals surface area contributed by atoms with Crippen LogP contribution in [0.1, 0.15) is 17.0 Å². The monoisotopic (exact) mass is 317 g/mol. The van der Waals surface area contributed by atoms with Crippen LogP contribution in [0.2, 0.25) is 0 Å². The van der Waals surface area contributed by atoms with Gasteiger partial charge in [0.15, 0.2) is 0 Å². The summed E-state index contributed by atoms with van der Waals surface area (Å²) in [5, 5.41) is 11.8. The van der Waals surface area contributed by atoms with Crippen LogP contribution in [0.15, 0.2) is 54.9 Å². The fourth-order valence-corrected chi connectivity index (χ4v) is 1.98. The van der Waals surface area contributed by atoms with Gasteiger partial charge in [0.05, 0.1) is 17.6 Å². The summed E-state index contributed by atoms with van der Waals surface area (Å²) >= 11 is 0. The molecule has 24 heavy (non-hydrogen) atoms. The van der Waals surface area contributed by atoms with E-state index < -0.39 is 0 Å². The number of anilines is 2. The van der Waals surface area contributed by atoms with E-state index in [0.29, 0.717) is 23.0 Å². The van der Waals surface area contributed by atoms with Crippen molar-refractivity contribution in [3.8, 4) is 6.07 Å². The number of nitrogens with one attached hydrogen (secondary N) is 1. The predicted molar refractivity (Wildman–Crippen MR) is 89.6 cm³/mol. The van der Waals surface area contributed by atoms with Gasteiger partial charge in [-0.3, -0.25) is 0 Å². The van der Waals surface area contributed by atoms with Gasteiger partial charge in [0.25, 0.3) is 0 Å². The summed E-state index contributed by atoms with van der Waals surface area (Å²) in [5.41, 5.74) is 2.45. The number of aromatic nitrogens is 3. The van der Waals surface area contributed by atoms with Crippen LogP contribution in [0.25, 0.3) is 12.2 Å². The minimum Gasteiger partial charge on any atom is -0.323 e. The molecule has 0 amide bonds. The average molecular weight is 317 g/mol. The third-order valence-electron chi connectivity index (χ3n) is 3.11. The maximum atomic E-state index is 13.2. The molecular formula is C18H12FN5. The smallest absolute Gasteiger partial charge is 0.227 e. The van der Waals surface area contributed by atoms with Crippen LogP contribution in [0.3, 0.4) is 0 Å². The van der Waals surface area contributed by atoms with Crippen molar-refractivity contribution >= 4 is 23.8 Å². The second-order valence-electron chi connectivity index (χ2n) is 4.86. The Hall–Kier alpha value is -3.59. The van der Waals surface area contributed by atoms with Gasteiger partial charge in [0, 0.05) is 6.20 Å². The van der Waals surface area contributed by atoms with Gasteiger partial charge < -0.3 is 5.32 Å². The molecule has 2 heterocycles. The van der Waals surface area contributed by atoms with Crippen molar-refractivity contribution in [2.45, 2.75) is 0 Å². The van der Waals surface area contributed by atoms with Gasteiger partial charge in [-0.2, -0.15) is 5.26 Å². The Bertz CT molecular complexity index is 913. The number of pyridine rings is 1. The van der Waals surface area contributed by atoms with Crippen molar-refractivity contribution < 1.29 is 4.39 Å². The highest BCUT2D eigenvalue weighted by atomic mass is 19.1. The summed E-state index contributed by atoms with van der Waals surface area (Å²) in [4.78, 5) is 12.5. The summed E-state index contributed by atoms with van der Waals surface area (Å²) in [6, 6.07) is 13.3. The lowest BCUT2D eigenvalue weighted by atomic mass is 10.2. The van der Waals surface area contributed by atoms with E-state index in [-0.39, 0.29) is 5.82 Å². The second kappa shape index (κ2) is 7.11. The fourth-order valence-electron chi connectivity index (χ4n) is 1.98. The first-order valence-electron chi connectivity index (χ1n) is 7.13. The zero-order valence-electron chi connectivity index (χ0n) is 12.5. The van der Waals surface area contributed by atoms with Crippen LogP contribution in [-0.2, 0) is 0 Å². The van der Waals surface area contributed by atoms with Crippen LogP contribution in [0.4, 0.5) is 16.0 Å². The number of hydrogen-bond acceptors (Lipinski definition) is 5. The quantitative estimate of drug-likeness (QED) is 0.792. The summed E-state index contributed by atoms with van der Waals surface area (Å²) in [5.74, 6) is 0.124. The molecule has 1 aromatic carbocycles. The summed E-state index contributed by atoms with van der Waals surface area (Å²) in [6.07, 6.45) is 6.71. The molecule has 116 valence electrons.